The van der Waals surface area contributed by atoms with Crippen LogP contribution in [0.2, 0.25) is 0 Å². The first kappa shape index (κ1) is 13.5. The highest BCUT2D eigenvalue weighted by molar-refractivity contribution is 4.86. The lowest BCUT2D eigenvalue weighted by atomic mass is 10.1. The van der Waals surface area contributed by atoms with E-state index in [0.717, 1.165) is 15.3 Å². The minimum Gasteiger partial charge on any atom is -0.330 e. The molecule has 0 aliphatic heterocycles. The lowest BCUT2D eigenvalue weighted by Crippen LogP contribution is -2.43. The predicted molar refractivity (Wildman–Crippen MR) is 54.5 cm³/mol. The fourth-order valence-corrected chi connectivity index (χ4v) is 1.28. The van der Waals surface area contributed by atoms with Crippen LogP contribution in [0.15, 0.2) is 22.0 Å². The summed E-state index contributed by atoms with van der Waals surface area (Å²) in [6, 6.07) is 0. The van der Waals surface area contributed by atoms with Crippen LogP contribution < -0.4 is 16.9 Å². The smallest absolute Gasteiger partial charge is 0.330 e. The molecule has 1 unspecified atom stereocenters. The van der Waals surface area contributed by atoms with Gasteiger partial charge >= 0.3 is 17.3 Å². The second-order valence-corrected chi connectivity index (χ2v) is 3.65. The first-order chi connectivity index (χ1) is 7.77. The van der Waals surface area contributed by atoms with Crippen molar-refractivity contribution >= 4 is 0 Å². The average Bonchev–Trinajstić information content (AvgIpc) is 2.23. The molecular weight excluding hydrogens is 239 g/mol. The minimum absolute atomic E-state index is 0.634. The number of alkyl halides is 3. The molecule has 96 valence electrons. The lowest BCUT2D eigenvalue weighted by molar-refractivity contribution is -0.175. The molecule has 0 spiro atoms. The van der Waals surface area contributed by atoms with E-state index in [1.165, 1.54) is 13.2 Å². The van der Waals surface area contributed by atoms with Crippen molar-refractivity contribution in [3.63, 3.8) is 0 Å². The molecule has 0 saturated carbocycles. The van der Waals surface area contributed by atoms with Gasteiger partial charge in [-0.15, -0.1) is 0 Å². The summed E-state index contributed by atoms with van der Waals surface area (Å²) in [5, 5.41) is 0. The van der Waals surface area contributed by atoms with Crippen molar-refractivity contribution in [3.8, 4) is 0 Å². The van der Waals surface area contributed by atoms with Crippen LogP contribution in [-0.4, -0.2) is 21.9 Å². The second-order valence-electron chi connectivity index (χ2n) is 3.65. The minimum atomic E-state index is -4.49. The van der Waals surface area contributed by atoms with E-state index in [0.29, 0.717) is 0 Å². The van der Waals surface area contributed by atoms with Gasteiger partial charge in [0.05, 0.1) is 5.92 Å². The number of nitrogens with zero attached hydrogens (tertiary/aromatic N) is 2. The van der Waals surface area contributed by atoms with Crippen molar-refractivity contribution in [1.82, 2.24) is 9.13 Å². The summed E-state index contributed by atoms with van der Waals surface area (Å²) in [5.41, 5.74) is 3.15. The topological polar surface area (TPSA) is 70.0 Å². The summed E-state index contributed by atoms with van der Waals surface area (Å²) in [4.78, 5) is 22.6. The van der Waals surface area contributed by atoms with Gasteiger partial charge in [0.25, 0.3) is 0 Å². The highest BCUT2D eigenvalue weighted by atomic mass is 19.4. The number of rotatable bonds is 3. The lowest BCUT2D eigenvalue weighted by Gasteiger charge is -2.19. The van der Waals surface area contributed by atoms with Crippen LogP contribution in [-0.2, 0) is 13.6 Å². The summed E-state index contributed by atoms with van der Waals surface area (Å²) in [6.45, 7) is -1.28. The van der Waals surface area contributed by atoms with Crippen LogP contribution in [0.5, 0.6) is 0 Å². The number of hydrogen-bond donors (Lipinski definition) is 1. The fraction of sp³-hybridized carbons (Fsp3) is 0.556. The van der Waals surface area contributed by atoms with Gasteiger partial charge in [0.15, 0.2) is 0 Å². The number of hydrogen-bond acceptors (Lipinski definition) is 3. The van der Waals surface area contributed by atoms with Crippen molar-refractivity contribution in [2.45, 2.75) is 12.7 Å². The van der Waals surface area contributed by atoms with Gasteiger partial charge in [0.2, 0.25) is 0 Å². The Labute approximate surface area is 94.3 Å². The maximum atomic E-state index is 12.4. The summed E-state index contributed by atoms with van der Waals surface area (Å²) in [5.74, 6) is -1.84. The Balaban J connectivity index is 3.08. The summed E-state index contributed by atoms with van der Waals surface area (Å²) >= 11 is 0. The standard InChI is InChI=1S/C9H12F3N3O2/c1-14-2-3-15(8(17)7(14)16)5-6(4-13)9(10,11)12/h2-3,6H,4-5,13H2,1H3. The molecule has 1 aromatic rings. The van der Waals surface area contributed by atoms with E-state index in [9.17, 15) is 22.8 Å². The van der Waals surface area contributed by atoms with Crippen LogP contribution >= 0.6 is 0 Å². The normalized spacial score (nSPS) is 13.7. The molecule has 17 heavy (non-hydrogen) atoms. The van der Waals surface area contributed by atoms with E-state index in [1.807, 2.05) is 0 Å². The fourth-order valence-electron chi connectivity index (χ4n) is 1.28. The Kier molecular flexibility index (Phi) is 3.76. The van der Waals surface area contributed by atoms with Crippen molar-refractivity contribution in [2.24, 2.45) is 18.7 Å². The maximum absolute atomic E-state index is 12.4. The molecule has 0 saturated heterocycles. The molecule has 0 fully saturated rings. The van der Waals surface area contributed by atoms with Gasteiger partial charge in [-0.3, -0.25) is 9.59 Å². The van der Waals surface area contributed by atoms with Crippen molar-refractivity contribution < 1.29 is 13.2 Å². The zero-order valence-electron chi connectivity index (χ0n) is 9.07. The number of aryl methyl sites for hydroxylation is 1. The maximum Gasteiger partial charge on any atom is 0.394 e. The van der Waals surface area contributed by atoms with E-state index in [1.54, 1.807) is 0 Å². The largest absolute Gasteiger partial charge is 0.394 e. The van der Waals surface area contributed by atoms with Crippen LogP contribution in [0.3, 0.4) is 0 Å². The molecule has 1 aromatic heterocycles. The van der Waals surface area contributed by atoms with Crippen molar-refractivity contribution in [2.75, 3.05) is 6.54 Å². The number of nitrogens with two attached hydrogens (primary N) is 1. The Morgan fingerprint density at radius 3 is 2.35 bits per heavy atom. The molecule has 0 amide bonds. The summed E-state index contributed by atoms with van der Waals surface area (Å²) in [7, 11) is 1.35. The molecule has 8 heteroatoms. The summed E-state index contributed by atoms with van der Waals surface area (Å²) < 4.78 is 39.1. The molecule has 5 nitrogen and oxygen atoms in total. The third-order valence-corrected chi connectivity index (χ3v) is 2.40. The Morgan fingerprint density at radius 1 is 1.29 bits per heavy atom. The number of halogens is 3. The van der Waals surface area contributed by atoms with Gasteiger partial charge in [-0.1, -0.05) is 0 Å². The highest BCUT2D eigenvalue weighted by Crippen LogP contribution is 2.26. The van der Waals surface area contributed by atoms with Crippen molar-refractivity contribution in [1.29, 1.82) is 0 Å². The first-order valence-electron chi connectivity index (χ1n) is 4.80. The van der Waals surface area contributed by atoms with Crippen LogP contribution in [0.1, 0.15) is 0 Å². The molecule has 1 rings (SSSR count). The van der Waals surface area contributed by atoms with E-state index >= 15 is 0 Å². The molecule has 2 N–H and O–H groups in total. The molecule has 0 radical (unpaired) electrons. The third-order valence-electron chi connectivity index (χ3n) is 2.40. The van der Waals surface area contributed by atoms with E-state index in [4.69, 9.17) is 5.73 Å². The van der Waals surface area contributed by atoms with E-state index in [-0.39, 0.29) is 0 Å². The van der Waals surface area contributed by atoms with Gasteiger partial charge < -0.3 is 14.9 Å². The SMILES string of the molecule is Cn1ccn(CC(CN)C(F)(F)F)c(=O)c1=O. The van der Waals surface area contributed by atoms with Gasteiger partial charge in [-0.05, 0) is 0 Å². The molecular formula is C9H12F3N3O2. The Morgan fingerprint density at radius 2 is 1.88 bits per heavy atom. The Bertz CT molecular complexity index is 503. The Hall–Kier alpha value is -1.57. The second kappa shape index (κ2) is 4.74. The third kappa shape index (κ3) is 2.96. The molecule has 1 atom stereocenters. The molecule has 0 bridgehead atoms. The molecule has 0 aromatic carbocycles. The first-order valence-corrected chi connectivity index (χ1v) is 4.80. The monoisotopic (exact) mass is 251 g/mol. The molecule has 0 aliphatic carbocycles. The van der Waals surface area contributed by atoms with Crippen LogP contribution in [0, 0.1) is 5.92 Å². The van der Waals surface area contributed by atoms with Crippen LogP contribution in [0.25, 0.3) is 0 Å². The zero-order chi connectivity index (χ0) is 13.2. The van der Waals surface area contributed by atoms with Crippen molar-refractivity contribution in [3.05, 3.63) is 33.1 Å². The van der Waals surface area contributed by atoms with Crippen LogP contribution in [0.4, 0.5) is 13.2 Å². The van der Waals surface area contributed by atoms with Gasteiger partial charge in [-0.25, -0.2) is 0 Å². The summed E-state index contributed by atoms with van der Waals surface area (Å²) in [6.07, 6.45) is -2.12. The molecule has 1 heterocycles. The quantitative estimate of drug-likeness (QED) is 0.749. The predicted octanol–water partition coefficient (Wildman–Crippen LogP) is -0.316. The van der Waals surface area contributed by atoms with Gasteiger partial charge in [-0.2, -0.15) is 13.2 Å². The number of aromatic nitrogens is 2. The zero-order valence-corrected chi connectivity index (χ0v) is 9.07. The average molecular weight is 251 g/mol. The van der Waals surface area contributed by atoms with Gasteiger partial charge in [0, 0.05) is 32.5 Å². The van der Waals surface area contributed by atoms with Gasteiger partial charge in [0.1, 0.15) is 0 Å². The molecule has 0 aliphatic rings. The highest BCUT2D eigenvalue weighted by Gasteiger charge is 2.38. The van der Waals surface area contributed by atoms with E-state index in [2.05, 4.69) is 0 Å². The van der Waals surface area contributed by atoms with E-state index < -0.39 is 36.3 Å².